The summed E-state index contributed by atoms with van der Waals surface area (Å²) in [6.45, 7) is 3.95. The number of halogens is 1. The van der Waals surface area contributed by atoms with Gasteiger partial charge in [-0.1, -0.05) is 0 Å². The highest BCUT2D eigenvalue weighted by molar-refractivity contribution is 14.0. The van der Waals surface area contributed by atoms with Crippen molar-refractivity contribution in [3.63, 3.8) is 0 Å². The number of benzene rings is 1. The summed E-state index contributed by atoms with van der Waals surface area (Å²) in [5, 5.41) is 13.9. The van der Waals surface area contributed by atoms with E-state index in [4.69, 9.17) is 14.2 Å². The number of rotatable bonds is 5. The first kappa shape index (κ1) is 22.0. The van der Waals surface area contributed by atoms with Gasteiger partial charge in [-0.2, -0.15) is 0 Å². The molecule has 0 bridgehead atoms. The molecule has 2 heterocycles. The summed E-state index contributed by atoms with van der Waals surface area (Å²) in [4.78, 5) is 6.64. The second-order valence-corrected chi connectivity index (χ2v) is 7.03. The lowest BCUT2D eigenvalue weighted by molar-refractivity contribution is 0.156. The van der Waals surface area contributed by atoms with Crippen molar-refractivity contribution in [3.05, 3.63) is 23.8 Å². The van der Waals surface area contributed by atoms with Gasteiger partial charge in [-0.15, -0.1) is 24.0 Å². The molecule has 3 rings (SSSR count). The van der Waals surface area contributed by atoms with Crippen LogP contribution < -0.4 is 14.8 Å². The van der Waals surface area contributed by atoms with Crippen LogP contribution >= 0.6 is 24.0 Å². The molecule has 0 radical (unpaired) electrons. The molecular formula is C19H30IN3O4. The van der Waals surface area contributed by atoms with Crippen molar-refractivity contribution in [1.82, 2.24) is 10.2 Å². The number of nitrogens with zero attached hydrogens (tertiary/aromatic N) is 2. The van der Waals surface area contributed by atoms with E-state index in [0.717, 1.165) is 45.1 Å². The van der Waals surface area contributed by atoms with Crippen molar-refractivity contribution < 1.29 is 19.3 Å². The normalized spacial score (nSPS) is 23.3. The van der Waals surface area contributed by atoms with E-state index in [0.29, 0.717) is 23.6 Å². The van der Waals surface area contributed by atoms with E-state index in [9.17, 15) is 5.11 Å². The predicted molar refractivity (Wildman–Crippen MR) is 115 cm³/mol. The molecule has 1 spiro atoms. The molecule has 0 aliphatic carbocycles. The molecule has 1 aromatic carbocycles. The summed E-state index contributed by atoms with van der Waals surface area (Å²) in [5.74, 6) is 2.14. The molecular weight excluding hydrogens is 461 g/mol. The molecule has 2 fully saturated rings. The number of hydrogen-bond donors (Lipinski definition) is 2. The van der Waals surface area contributed by atoms with Crippen molar-refractivity contribution in [2.45, 2.75) is 18.9 Å². The van der Waals surface area contributed by atoms with E-state index < -0.39 is 6.10 Å². The fraction of sp³-hybridized carbons (Fsp3) is 0.632. The molecule has 0 aromatic heterocycles. The number of aliphatic imine (C=N–C) groups is 1. The number of guanidine groups is 1. The van der Waals surface area contributed by atoms with Crippen LogP contribution in [0.25, 0.3) is 0 Å². The average molecular weight is 491 g/mol. The Morgan fingerprint density at radius 1 is 1.37 bits per heavy atom. The Morgan fingerprint density at radius 2 is 2.19 bits per heavy atom. The highest BCUT2D eigenvalue weighted by Crippen LogP contribution is 2.38. The molecule has 2 saturated heterocycles. The standard InChI is InChI=1S/C19H29N3O4.HI/c1-20-18(22-8-6-19(12-22)7-9-26-13-19)21-11-16(23)15-10-14(24-2)4-5-17(15)25-3;/h4-5,10,16,23H,6-9,11-13H2,1-3H3,(H,20,21);1H. The summed E-state index contributed by atoms with van der Waals surface area (Å²) in [6.07, 6.45) is 1.51. The second kappa shape index (κ2) is 9.79. The first-order chi connectivity index (χ1) is 12.6. The number of ether oxygens (including phenoxy) is 3. The minimum atomic E-state index is -0.733. The zero-order chi connectivity index (χ0) is 18.6. The fourth-order valence-corrected chi connectivity index (χ4v) is 3.82. The summed E-state index contributed by atoms with van der Waals surface area (Å²) < 4.78 is 16.2. The zero-order valence-corrected chi connectivity index (χ0v) is 18.6. The average Bonchev–Trinajstić information content (AvgIpc) is 3.31. The highest BCUT2D eigenvalue weighted by Gasteiger charge is 2.42. The molecule has 7 nitrogen and oxygen atoms in total. The number of hydrogen-bond acceptors (Lipinski definition) is 5. The molecule has 2 atom stereocenters. The van der Waals surface area contributed by atoms with Crippen LogP contribution in [0.4, 0.5) is 0 Å². The quantitative estimate of drug-likeness (QED) is 0.373. The summed E-state index contributed by atoms with van der Waals surface area (Å²) >= 11 is 0. The largest absolute Gasteiger partial charge is 0.497 e. The summed E-state index contributed by atoms with van der Waals surface area (Å²) in [6, 6.07) is 5.42. The lowest BCUT2D eigenvalue weighted by Gasteiger charge is -2.26. The minimum Gasteiger partial charge on any atom is -0.497 e. The van der Waals surface area contributed by atoms with Crippen molar-refractivity contribution >= 4 is 29.9 Å². The van der Waals surface area contributed by atoms with E-state index in [1.807, 2.05) is 6.07 Å². The second-order valence-electron chi connectivity index (χ2n) is 7.03. The van der Waals surface area contributed by atoms with Gasteiger partial charge >= 0.3 is 0 Å². The Bertz CT molecular complexity index is 650. The van der Waals surface area contributed by atoms with Gasteiger partial charge in [-0.3, -0.25) is 4.99 Å². The number of methoxy groups -OCH3 is 2. The van der Waals surface area contributed by atoms with Crippen LogP contribution in [0.15, 0.2) is 23.2 Å². The van der Waals surface area contributed by atoms with E-state index >= 15 is 0 Å². The maximum Gasteiger partial charge on any atom is 0.193 e. The smallest absolute Gasteiger partial charge is 0.193 e. The van der Waals surface area contributed by atoms with Gasteiger partial charge in [0.2, 0.25) is 0 Å². The van der Waals surface area contributed by atoms with Crippen molar-refractivity contribution in [1.29, 1.82) is 0 Å². The molecule has 2 aliphatic rings. The van der Waals surface area contributed by atoms with E-state index in [-0.39, 0.29) is 29.4 Å². The third-order valence-electron chi connectivity index (χ3n) is 5.38. The lowest BCUT2D eigenvalue weighted by Crippen LogP contribution is -2.42. The molecule has 152 valence electrons. The molecule has 27 heavy (non-hydrogen) atoms. The number of aliphatic hydroxyl groups excluding tert-OH is 1. The maximum atomic E-state index is 10.7. The van der Waals surface area contributed by atoms with Gasteiger partial charge < -0.3 is 29.5 Å². The van der Waals surface area contributed by atoms with Crippen LogP contribution in [-0.4, -0.2) is 70.1 Å². The zero-order valence-electron chi connectivity index (χ0n) is 16.2. The minimum absolute atomic E-state index is 0. The van der Waals surface area contributed by atoms with Crippen molar-refractivity contribution in [2.24, 2.45) is 10.4 Å². The van der Waals surface area contributed by atoms with Crippen molar-refractivity contribution in [2.75, 3.05) is 54.1 Å². The van der Waals surface area contributed by atoms with Gasteiger partial charge in [-0.05, 0) is 31.0 Å². The highest BCUT2D eigenvalue weighted by atomic mass is 127. The Balaban J connectivity index is 0.00000261. The van der Waals surface area contributed by atoms with Crippen LogP contribution in [0.1, 0.15) is 24.5 Å². The van der Waals surface area contributed by atoms with Crippen LogP contribution in [-0.2, 0) is 4.74 Å². The molecule has 0 saturated carbocycles. The van der Waals surface area contributed by atoms with Crippen LogP contribution in [0.5, 0.6) is 11.5 Å². The van der Waals surface area contributed by atoms with Gasteiger partial charge in [0.1, 0.15) is 11.5 Å². The van der Waals surface area contributed by atoms with Gasteiger partial charge in [0.25, 0.3) is 0 Å². The monoisotopic (exact) mass is 491 g/mol. The van der Waals surface area contributed by atoms with Gasteiger partial charge in [-0.25, -0.2) is 0 Å². The summed E-state index contributed by atoms with van der Waals surface area (Å²) in [5.41, 5.74) is 0.962. The van der Waals surface area contributed by atoms with Gasteiger partial charge in [0, 0.05) is 44.3 Å². The molecule has 2 N–H and O–H groups in total. The Labute approximate surface area is 178 Å². The number of aliphatic hydroxyl groups is 1. The number of nitrogens with one attached hydrogen (secondary N) is 1. The molecule has 8 heteroatoms. The number of likely N-dealkylation sites (tertiary alicyclic amines) is 1. The van der Waals surface area contributed by atoms with E-state index in [1.54, 1.807) is 33.4 Å². The van der Waals surface area contributed by atoms with E-state index in [1.165, 1.54) is 0 Å². The van der Waals surface area contributed by atoms with E-state index in [2.05, 4.69) is 15.2 Å². The molecule has 1 aromatic rings. The summed E-state index contributed by atoms with van der Waals surface area (Å²) in [7, 11) is 4.97. The molecule has 0 amide bonds. The van der Waals surface area contributed by atoms with Crippen LogP contribution in [0, 0.1) is 5.41 Å². The Kier molecular flexibility index (Phi) is 7.99. The third-order valence-corrected chi connectivity index (χ3v) is 5.38. The first-order valence-electron chi connectivity index (χ1n) is 9.04. The molecule has 2 aliphatic heterocycles. The maximum absolute atomic E-state index is 10.7. The topological polar surface area (TPSA) is 75.6 Å². The van der Waals surface area contributed by atoms with Crippen LogP contribution in [0.3, 0.4) is 0 Å². The Hall–Kier alpha value is -1.26. The first-order valence-corrected chi connectivity index (χ1v) is 9.04. The predicted octanol–water partition coefficient (Wildman–Crippen LogP) is 2.04. The van der Waals surface area contributed by atoms with Crippen molar-refractivity contribution in [3.8, 4) is 11.5 Å². The van der Waals surface area contributed by atoms with Gasteiger partial charge in [0.15, 0.2) is 5.96 Å². The molecule has 2 unspecified atom stereocenters. The van der Waals surface area contributed by atoms with Gasteiger partial charge in [0.05, 0.1) is 26.9 Å². The lowest BCUT2D eigenvalue weighted by atomic mass is 9.87. The SMILES string of the molecule is CN=C(NCC(O)c1cc(OC)ccc1OC)N1CCC2(CCOC2)C1.I. The third kappa shape index (κ3) is 4.97. The van der Waals surface area contributed by atoms with Crippen LogP contribution in [0.2, 0.25) is 0 Å². The fourth-order valence-electron chi connectivity index (χ4n) is 3.82. The Morgan fingerprint density at radius 3 is 2.81 bits per heavy atom.